The number of fused-ring (bicyclic) bond motifs is 1. The molecule has 3 aromatic rings. The second-order valence-electron chi connectivity index (χ2n) is 6.93. The van der Waals surface area contributed by atoms with Crippen LogP contribution in [0.4, 0.5) is 17.5 Å². The molecule has 158 valence electrons. The van der Waals surface area contributed by atoms with Gasteiger partial charge in [0.15, 0.2) is 0 Å². The highest BCUT2D eigenvalue weighted by atomic mass is 35.5. The Kier molecular flexibility index (Phi) is 5.89. The summed E-state index contributed by atoms with van der Waals surface area (Å²) in [4.78, 5) is 15.4. The van der Waals surface area contributed by atoms with Crippen LogP contribution in [0.5, 0.6) is 0 Å². The van der Waals surface area contributed by atoms with Crippen molar-refractivity contribution in [3.05, 3.63) is 47.7 Å². The summed E-state index contributed by atoms with van der Waals surface area (Å²) in [7, 11) is -3.72. The third-order valence-corrected chi connectivity index (χ3v) is 6.55. The Morgan fingerprint density at radius 2 is 1.90 bits per heavy atom. The number of piperazine rings is 1. The molecular formula is C19H22ClN7O2S. The molecule has 1 fully saturated rings. The first-order valence-corrected chi connectivity index (χ1v) is 11.5. The van der Waals surface area contributed by atoms with Gasteiger partial charge in [-0.2, -0.15) is 4.98 Å². The Labute approximate surface area is 179 Å². The number of hydrogen-bond donors (Lipinski definition) is 3. The van der Waals surface area contributed by atoms with E-state index in [1.807, 2.05) is 6.07 Å². The standard InChI is InChI=1S/C19H22ClN7O2S/c1-13(30(28,29)26-14-5-3-2-4-6-14)23-18-15-11-17(20)22-12-16(15)24-19(25-18)27-9-7-21-8-10-27/h2-6,11-13,21,26H,7-10H2,1H3,(H,23,24,25). The van der Waals surface area contributed by atoms with E-state index < -0.39 is 15.4 Å². The smallest absolute Gasteiger partial charge is 0.253 e. The SMILES string of the molecule is CC(Nc1nc(N2CCNCC2)nc2cnc(Cl)cc12)S(=O)(=O)Nc1ccccc1. The molecule has 0 spiro atoms. The van der Waals surface area contributed by atoms with Gasteiger partial charge in [0.2, 0.25) is 5.95 Å². The maximum Gasteiger partial charge on any atom is 0.253 e. The van der Waals surface area contributed by atoms with Crippen molar-refractivity contribution < 1.29 is 8.42 Å². The summed E-state index contributed by atoms with van der Waals surface area (Å²) in [6.07, 6.45) is 1.57. The van der Waals surface area contributed by atoms with E-state index in [1.54, 1.807) is 43.5 Å². The van der Waals surface area contributed by atoms with E-state index in [1.165, 1.54) is 0 Å². The van der Waals surface area contributed by atoms with Crippen LogP contribution in [0.2, 0.25) is 5.15 Å². The molecule has 1 aliphatic rings. The molecule has 0 saturated carbocycles. The fourth-order valence-electron chi connectivity index (χ4n) is 3.14. The molecule has 3 N–H and O–H groups in total. The molecule has 2 aromatic heterocycles. The highest BCUT2D eigenvalue weighted by Crippen LogP contribution is 2.26. The predicted octanol–water partition coefficient (Wildman–Crippen LogP) is 2.29. The summed E-state index contributed by atoms with van der Waals surface area (Å²) in [5.41, 5.74) is 1.08. The summed E-state index contributed by atoms with van der Waals surface area (Å²) in [5, 5.41) is 6.24. The van der Waals surface area contributed by atoms with Crippen molar-refractivity contribution in [1.82, 2.24) is 20.3 Å². The van der Waals surface area contributed by atoms with Crippen LogP contribution in [-0.4, -0.2) is 54.9 Å². The fraction of sp³-hybridized carbons (Fsp3) is 0.316. The molecule has 0 radical (unpaired) electrons. The van der Waals surface area contributed by atoms with Crippen LogP contribution in [0.25, 0.3) is 10.9 Å². The Hall–Kier alpha value is -2.69. The molecule has 1 unspecified atom stereocenters. The summed E-state index contributed by atoms with van der Waals surface area (Å²) in [5.74, 6) is 0.917. The van der Waals surface area contributed by atoms with Crippen molar-refractivity contribution in [3.63, 3.8) is 0 Å². The number of nitrogens with zero attached hydrogens (tertiary/aromatic N) is 4. The zero-order valence-electron chi connectivity index (χ0n) is 16.3. The Bertz CT molecular complexity index is 1140. The minimum Gasteiger partial charge on any atom is -0.352 e. The van der Waals surface area contributed by atoms with Gasteiger partial charge in [-0.3, -0.25) is 4.72 Å². The maximum atomic E-state index is 12.8. The van der Waals surface area contributed by atoms with Crippen LogP contribution in [0, 0.1) is 0 Å². The first kappa shape index (κ1) is 20.6. The largest absolute Gasteiger partial charge is 0.352 e. The quantitative estimate of drug-likeness (QED) is 0.493. The molecule has 1 aliphatic heterocycles. The summed E-state index contributed by atoms with van der Waals surface area (Å²) in [6, 6.07) is 10.4. The highest BCUT2D eigenvalue weighted by molar-refractivity contribution is 7.93. The van der Waals surface area contributed by atoms with Crippen LogP contribution in [0.15, 0.2) is 42.6 Å². The number of aromatic nitrogens is 3. The lowest BCUT2D eigenvalue weighted by atomic mass is 10.3. The molecule has 1 atom stereocenters. The third-order valence-electron chi connectivity index (χ3n) is 4.78. The normalized spacial score (nSPS) is 15.7. The number of sulfonamides is 1. The molecule has 4 rings (SSSR count). The van der Waals surface area contributed by atoms with E-state index in [4.69, 9.17) is 11.6 Å². The van der Waals surface area contributed by atoms with E-state index in [0.717, 1.165) is 26.2 Å². The number of para-hydroxylation sites is 1. The van der Waals surface area contributed by atoms with Crippen LogP contribution < -0.4 is 20.3 Å². The molecule has 1 saturated heterocycles. The zero-order chi connectivity index (χ0) is 21.1. The molecule has 0 bridgehead atoms. The number of halogens is 1. The first-order valence-electron chi connectivity index (χ1n) is 9.54. The molecule has 11 heteroatoms. The number of anilines is 3. The Morgan fingerprint density at radius 3 is 2.63 bits per heavy atom. The van der Waals surface area contributed by atoms with E-state index in [9.17, 15) is 8.42 Å². The van der Waals surface area contributed by atoms with Crippen molar-refractivity contribution in [3.8, 4) is 0 Å². The molecule has 9 nitrogen and oxygen atoms in total. The average Bonchev–Trinajstić information content (AvgIpc) is 2.75. The lowest BCUT2D eigenvalue weighted by molar-refractivity contribution is 0.580. The Balaban J connectivity index is 1.67. The zero-order valence-corrected chi connectivity index (χ0v) is 17.9. The maximum absolute atomic E-state index is 12.8. The second kappa shape index (κ2) is 8.58. The highest BCUT2D eigenvalue weighted by Gasteiger charge is 2.23. The molecule has 1 aromatic carbocycles. The van der Waals surface area contributed by atoms with Crippen molar-refractivity contribution in [1.29, 1.82) is 0 Å². The van der Waals surface area contributed by atoms with Crippen molar-refractivity contribution in [2.24, 2.45) is 0 Å². The minimum atomic E-state index is -3.72. The Morgan fingerprint density at radius 1 is 1.17 bits per heavy atom. The van der Waals surface area contributed by atoms with E-state index in [-0.39, 0.29) is 5.15 Å². The van der Waals surface area contributed by atoms with Gasteiger partial charge in [0, 0.05) is 37.3 Å². The van der Waals surface area contributed by atoms with E-state index >= 15 is 0 Å². The van der Waals surface area contributed by atoms with Crippen LogP contribution in [0.3, 0.4) is 0 Å². The summed E-state index contributed by atoms with van der Waals surface area (Å²) < 4.78 is 28.2. The van der Waals surface area contributed by atoms with Gasteiger partial charge in [-0.15, -0.1) is 0 Å². The van der Waals surface area contributed by atoms with Gasteiger partial charge >= 0.3 is 0 Å². The van der Waals surface area contributed by atoms with Crippen molar-refractivity contribution >= 4 is 50.0 Å². The van der Waals surface area contributed by atoms with Gasteiger partial charge in [0.25, 0.3) is 10.0 Å². The van der Waals surface area contributed by atoms with E-state index in [0.29, 0.717) is 28.4 Å². The number of benzene rings is 1. The van der Waals surface area contributed by atoms with Gasteiger partial charge in [0.1, 0.15) is 16.3 Å². The minimum absolute atomic E-state index is 0.280. The number of nitrogens with one attached hydrogen (secondary N) is 3. The number of pyridine rings is 1. The van der Waals surface area contributed by atoms with Gasteiger partial charge < -0.3 is 15.5 Å². The van der Waals surface area contributed by atoms with Gasteiger partial charge in [0.05, 0.1) is 11.7 Å². The van der Waals surface area contributed by atoms with E-state index in [2.05, 4.69) is 35.2 Å². The molecular weight excluding hydrogens is 426 g/mol. The summed E-state index contributed by atoms with van der Waals surface area (Å²) in [6.45, 7) is 4.74. The topological polar surface area (TPSA) is 112 Å². The van der Waals surface area contributed by atoms with Crippen LogP contribution >= 0.6 is 11.6 Å². The molecule has 0 amide bonds. The van der Waals surface area contributed by atoms with Gasteiger partial charge in [-0.25, -0.2) is 18.4 Å². The molecule has 3 heterocycles. The molecule has 0 aliphatic carbocycles. The van der Waals surface area contributed by atoms with Crippen LogP contribution in [0.1, 0.15) is 6.92 Å². The average molecular weight is 448 g/mol. The molecule has 30 heavy (non-hydrogen) atoms. The number of hydrogen-bond acceptors (Lipinski definition) is 8. The predicted molar refractivity (Wildman–Crippen MR) is 119 cm³/mol. The first-order chi connectivity index (χ1) is 14.4. The van der Waals surface area contributed by atoms with Crippen LogP contribution in [-0.2, 0) is 10.0 Å². The monoisotopic (exact) mass is 447 g/mol. The van der Waals surface area contributed by atoms with Crippen molar-refractivity contribution in [2.45, 2.75) is 12.3 Å². The third kappa shape index (κ3) is 4.55. The lowest BCUT2D eigenvalue weighted by Crippen LogP contribution is -2.44. The van der Waals surface area contributed by atoms with Crippen molar-refractivity contribution in [2.75, 3.05) is 41.1 Å². The lowest BCUT2D eigenvalue weighted by Gasteiger charge is -2.28. The number of rotatable bonds is 6. The van der Waals surface area contributed by atoms with Gasteiger partial charge in [-0.05, 0) is 25.1 Å². The fourth-order valence-corrected chi connectivity index (χ4v) is 4.21. The summed E-state index contributed by atoms with van der Waals surface area (Å²) >= 11 is 6.07. The second-order valence-corrected chi connectivity index (χ2v) is 9.32. The van der Waals surface area contributed by atoms with Gasteiger partial charge in [-0.1, -0.05) is 29.8 Å².